The van der Waals surface area contributed by atoms with Gasteiger partial charge in [0, 0.05) is 31.6 Å². The number of ether oxygens (including phenoxy) is 1. The van der Waals surface area contributed by atoms with Gasteiger partial charge in [-0.3, -0.25) is 4.79 Å². The molecular weight excluding hydrogens is 352 g/mol. The van der Waals surface area contributed by atoms with Crippen LogP contribution in [0.15, 0.2) is 60.8 Å². The van der Waals surface area contributed by atoms with E-state index in [1.54, 1.807) is 18.0 Å². The third-order valence-corrected chi connectivity index (χ3v) is 5.22. The van der Waals surface area contributed by atoms with Gasteiger partial charge >= 0.3 is 0 Å². The first-order valence-electron chi connectivity index (χ1n) is 9.45. The molecule has 0 bridgehead atoms. The number of benzene rings is 2. The SMILES string of the molecule is COC1CCN(c2ccc(NC(=O)c3cnn(-c4ccccc4)c3C)cc2)C1. The molecule has 1 N–H and O–H groups in total. The summed E-state index contributed by atoms with van der Waals surface area (Å²) in [4.78, 5) is 15.0. The second-order valence-electron chi connectivity index (χ2n) is 6.98. The molecule has 1 amide bonds. The molecule has 1 unspecified atom stereocenters. The number of carbonyl (C=O) groups is 1. The van der Waals surface area contributed by atoms with Crippen molar-refractivity contribution in [1.82, 2.24) is 9.78 Å². The zero-order valence-corrected chi connectivity index (χ0v) is 16.1. The van der Waals surface area contributed by atoms with E-state index in [1.165, 1.54) is 0 Å². The van der Waals surface area contributed by atoms with E-state index in [9.17, 15) is 4.79 Å². The van der Waals surface area contributed by atoms with E-state index in [0.29, 0.717) is 11.7 Å². The van der Waals surface area contributed by atoms with E-state index in [0.717, 1.165) is 42.3 Å². The maximum absolute atomic E-state index is 12.7. The lowest BCUT2D eigenvalue weighted by molar-refractivity contribution is 0.102. The molecule has 1 atom stereocenters. The third kappa shape index (κ3) is 3.64. The van der Waals surface area contributed by atoms with E-state index >= 15 is 0 Å². The third-order valence-electron chi connectivity index (χ3n) is 5.22. The zero-order chi connectivity index (χ0) is 19.5. The highest BCUT2D eigenvalue weighted by molar-refractivity contribution is 6.05. The molecule has 1 aliphatic rings. The molecule has 0 radical (unpaired) electrons. The Bertz CT molecular complexity index is 950. The largest absolute Gasteiger partial charge is 0.380 e. The fraction of sp³-hybridized carbons (Fsp3) is 0.273. The summed E-state index contributed by atoms with van der Waals surface area (Å²) in [5, 5.41) is 7.33. The van der Waals surface area contributed by atoms with Crippen LogP contribution in [0, 0.1) is 6.92 Å². The van der Waals surface area contributed by atoms with Gasteiger partial charge in [0.15, 0.2) is 0 Å². The van der Waals surface area contributed by atoms with Crippen molar-refractivity contribution in [1.29, 1.82) is 0 Å². The fourth-order valence-corrected chi connectivity index (χ4v) is 3.57. The van der Waals surface area contributed by atoms with Gasteiger partial charge < -0.3 is 15.0 Å². The first-order valence-corrected chi connectivity index (χ1v) is 9.45. The Morgan fingerprint density at radius 3 is 2.54 bits per heavy atom. The summed E-state index contributed by atoms with van der Waals surface area (Å²) in [5.41, 5.74) is 4.22. The Morgan fingerprint density at radius 1 is 1.11 bits per heavy atom. The predicted molar refractivity (Wildman–Crippen MR) is 110 cm³/mol. The van der Waals surface area contributed by atoms with Gasteiger partial charge in [-0.15, -0.1) is 0 Å². The molecule has 1 fully saturated rings. The van der Waals surface area contributed by atoms with Gasteiger partial charge in [-0.2, -0.15) is 5.10 Å². The summed E-state index contributed by atoms with van der Waals surface area (Å²) >= 11 is 0. The van der Waals surface area contributed by atoms with Crippen LogP contribution in [-0.4, -0.2) is 42.0 Å². The lowest BCUT2D eigenvalue weighted by atomic mass is 10.2. The molecule has 0 aliphatic carbocycles. The Hall–Kier alpha value is -3.12. The Morgan fingerprint density at radius 2 is 1.86 bits per heavy atom. The predicted octanol–water partition coefficient (Wildman–Crippen LogP) is 3.66. The highest BCUT2D eigenvalue weighted by Crippen LogP contribution is 2.24. The minimum Gasteiger partial charge on any atom is -0.380 e. The molecule has 2 aromatic carbocycles. The lowest BCUT2D eigenvalue weighted by Gasteiger charge is -2.18. The molecule has 0 saturated carbocycles. The molecule has 6 nitrogen and oxygen atoms in total. The second-order valence-corrected chi connectivity index (χ2v) is 6.98. The van der Waals surface area contributed by atoms with E-state index < -0.39 is 0 Å². The van der Waals surface area contributed by atoms with Gasteiger partial charge in [-0.25, -0.2) is 4.68 Å². The van der Waals surface area contributed by atoms with Crippen molar-refractivity contribution < 1.29 is 9.53 Å². The smallest absolute Gasteiger partial charge is 0.259 e. The van der Waals surface area contributed by atoms with E-state index in [4.69, 9.17) is 4.74 Å². The van der Waals surface area contributed by atoms with Crippen LogP contribution in [0.25, 0.3) is 5.69 Å². The van der Waals surface area contributed by atoms with Crippen molar-refractivity contribution in [3.05, 3.63) is 72.1 Å². The average Bonchev–Trinajstić information content (AvgIpc) is 3.36. The normalized spacial score (nSPS) is 16.4. The number of methoxy groups -OCH3 is 1. The van der Waals surface area contributed by atoms with Crippen molar-refractivity contribution in [2.24, 2.45) is 0 Å². The van der Waals surface area contributed by atoms with Crippen LogP contribution < -0.4 is 10.2 Å². The summed E-state index contributed by atoms with van der Waals surface area (Å²) in [5.74, 6) is -0.159. The van der Waals surface area contributed by atoms with Crippen LogP contribution in [0.5, 0.6) is 0 Å². The number of rotatable bonds is 5. The molecule has 3 aromatic rings. The summed E-state index contributed by atoms with van der Waals surface area (Å²) < 4.78 is 7.20. The molecule has 144 valence electrons. The summed E-state index contributed by atoms with van der Waals surface area (Å²) in [7, 11) is 1.76. The first-order chi connectivity index (χ1) is 13.7. The molecule has 28 heavy (non-hydrogen) atoms. The highest BCUT2D eigenvalue weighted by Gasteiger charge is 2.22. The minimum atomic E-state index is -0.159. The standard InChI is InChI=1S/C22H24N4O2/c1-16-21(14-23-26(16)19-6-4-3-5-7-19)22(27)24-17-8-10-18(11-9-17)25-13-12-20(15-25)28-2/h3-11,14,20H,12-13,15H2,1-2H3,(H,24,27). The van der Waals surface area contributed by atoms with Gasteiger partial charge in [0.1, 0.15) is 0 Å². The number of hydrogen-bond acceptors (Lipinski definition) is 4. The van der Waals surface area contributed by atoms with Crippen LogP contribution in [0.1, 0.15) is 22.5 Å². The van der Waals surface area contributed by atoms with Crippen LogP contribution in [0.4, 0.5) is 11.4 Å². The summed E-state index contributed by atoms with van der Waals surface area (Å²) in [6.07, 6.45) is 2.95. The van der Waals surface area contributed by atoms with Crippen LogP contribution >= 0.6 is 0 Å². The molecule has 1 aromatic heterocycles. The maximum Gasteiger partial charge on any atom is 0.259 e. The summed E-state index contributed by atoms with van der Waals surface area (Å²) in [6.45, 7) is 3.79. The molecule has 1 aliphatic heterocycles. The van der Waals surface area contributed by atoms with Crippen molar-refractivity contribution in [3.63, 3.8) is 0 Å². The number of nitrogens with one attached hydrogen (secondary N) is 1. The van der Waals surface area contributed by atoms with Crippen molar-refractivity contribution in [2.45, 2.75) is 19.4 Å². The second kappa shape index (κ2) is 7.86. The number of carbonyl (C=O) groups excluding carboxylic acids is 1. The zero-order valence-electron chi connectivity index (χ0n) is 16.1. The van der Waals surface area contributed by atoms with Crippen molar-refractivity contribution in [3.8, 4) is 5.69 Å². The van der Waals surface area contributed by atoms with Crippen LogP contribution in [0.3, 0.4) is 0 Å². The number of para-hydroxylation sites is 1. The molecule has 1 saturated heterocycles. The van der Waals surface area contributed by atoms with Crippen molar-refractivity contribution >= 4 is 17.3 Å². The minimum absolute atomic E-state index is 0.159. The number of anilines is 2. The highest BCUT2D eigenvalue weighted by atomic mass is 16.5. The average molecular weight is 376 g/mol. The number of amides is 1. The van der Waals surface area contributed by atoms with Gasteiger partial charge in [0.2, 0.25) is 0 Å². The maximum atomic E-state index is 12.7. The van der Waals surface area contributed by atoms with Gasteiger partial charge in [-0.1, -0.05) is 18.2 Å². The number of nitrogens with zero attached hydrogens (tertiary/aromatic N) is 3. The van der Waals surface area contributed by atoms with E-state index in [1.807, 2.05) is 61.5 Å². The van der Waals surface area contributed by atoms with Gasteiger partial charge in [-0.05, 0) is 49.7 Å². The Balaban J connectivity index is 1.45. The Kier molecular flexibility index (Phi) is 5.12. The van der Waals surface area contributed by atoms with Crippen LogP contribution in [-0.2, 0) is 4.74 Å². The lowest BCUT2D eigenvalue weighted by Crippen LogP contribution is -2.22. The molecular formula is C22H24N4O2. The quantitative estimate of drug-likeness (QED) is 0.738. The van der Waals surface area contributed by atoms with Gasteiger partial charge in [0.25, 0.3) is 5.91 Å². The number of aromatic nitrogens is 2. The topological polar surface area (TPSA) is 59.4 Å². The van der Waals surface area contributed by atoms with Crippen molar-refractivity contribution in [2.75, 3.05) is 30.4 Å². The van der Waals surface area contributed by atoms with E-state index in [-0.39, 0.29) is 5.91 Å². The molecule has 6 heteroatoms. The van der Waals surface area contributed by atoms with E-state index in [2.05, 4.69) is 15.3 Å². The molecule has 2 heterocycles. The van der Waals surface area contributed by atoms with Gasteiger partial charge in [0.05, 0.1) is 29.2 Å². The summed E-state index contributed by atoms with van der Waals surface area (Å²) in [6, 6.07) is 17.7. The Labute approximate surface area is 164 Å². The monoisotopic (exact) mass is 376 g/mol. The first kappa shape index (κ1) is 18.3. The molecule has 0 spiro atoms. The van der Waals surface area contributed by atoms with Crippen LogP contribution in [0.2, 0.25) is 0 Å². The molecule has 4 rings (SSSR count). The fourth-order valence-electron chi connectivity index (χ4n) is 3.57. The number of hydrogen-bond donors (Lipinski definition) is 1.